The number of hydrogen-bond donors (Lipinski definition) is 0. The van der Waals surface area contributed by atoms with E-state index in [2.05, 4.69) is 126 Å². The molecule has 0 saturated carbocycles. The van der Waals surface area contributed by atoms with Crippen LogP contribution in [0, 0.1) is 41.3 Å². The molecule has 12 aromatic rings. The van der Waals surface area contributed by atoms with Gasteiger partial charge >= 0.3 is 27.4 Å². The van der Waals surface area contributed by atoms with Gasteiger partial charge in [-0.1, -0.05) is 48.2 Å². The topological polar surface area (TPSA) is 120 Å². The zero-order valence-corrected chi connectivity index (χ0v) is 52.3. The summed E-state index contributed by atoms with van der Waals surface area (Å²) in [6, 6.07) is 31.6. The van der Waals surface area contributed by atoms with E-state index < -0.39 is 20.6 Å². The monoisotopic (exact) mass is 1200 g/mol. The van der Waals surface area contributed by atoms with E-state index in [-0.39, 0.29) is 27.4 Å². The van der Waals surface area contributed by atoms with Crippen molar-refractivity contribution < 1.29 is 48.3 Å². The van der Waals surface area contributed by atoms with Crippen molar-refractivity contribution in [3.63, 3.8) is 0 Å². The van der Waals surface area contributed by atoms with Crippen LogP contribution in [-0.2, 0) is 28.2 Å². The van der Waals surface area contributed by atoms with Crippen LogP contribution >= 0.6 is 0 Å². The Morgan fingerprint density at radius 3 is 1.34 bits per heavy atom. The number of fused-ring (bicyclic) bond motifs is 12. The van der Waals surface area contributed by atoms with Crippen LogP contribution in [0.2, 0.25) is 0 Å². The fourth-order valence-electron chi connectivity index (χ4n) is 12.7. The Labute approximate surface area is 539 Å². The molecule has 16 rings (SSSR count). The van der Waals surface area contributed by atoms with Crippen LogP contribution in [0.4, 0.5) is 22.9 Å². The first-order chi connectivity index (χ1) is 47.0. The molecule has 4 aliphatic heterocycles. The van der Waals surface area contributed by atoms with E-state index in [1.54, 1.807) is 43.2 Å². The van der Waals surface area contributed by atoms with Gasteiger partial charge in [-0.3, -0.25) is 0 Å². The number of furan rings is 4. The van der Waals surface area contributed by atoms with Gasteiger partial charge < -0.3 is 36.9 Å². The molecular formula is C71H73B4N11O4+4. The van der Waals surface area contributed by atoms with Gasteiger partial charge in [0, 0.05) is 82.8 Å². The third kappa shape index (κ3) is 10.6. The molecule has 11 aromatic heterocycles. The Morgan fingerprint density at radius 1 is 0.411 bits per heavy atom. The molecule has 0 spiro atoms. The Hall–Kier alpha value is -10.2. The average Bonchev–Trinajstić information content (AvgIpc) is 1.72. The molecule has 0 saturated heterocycles. The van der Waals surface area contributed by atoms with E-state index in [0.717, 1.165) is 101 Å². The quantitative estimate of drug-likeness (QED) is 0.125. The zero-order valence-electron chi connectivity index (χ0n) is 61.3. The zero-order chi connectivity index (χ0) is 70.3. The smallest absolute Gasteiger partial charge is 0.398 e. The first kappa shape index (κ1) is 48.8. The maximum Gasteiger partial charge on any atom is 0.398 e. The molecule has 444 valence electrons. The van der Waals surface area contributed by atoms with Crippen molar-refractivity contribution in [2.75, 3.05) is 47.4 Å². The second kappa shape index (κ2) is 23.7. The van der Waals surface area contributed by atoms with Crippen molar-refractivity contribution in [1.82, 2.24) is 15.0 Å². The molecule has 0 N–H and O–H groups in total. The molecule has 0 aliphatic carbocycles. The lowest BCUT2D eigenvalue weighted by Crippen LogP contribution is -2.60. The summed E-state index contributed by atoms with van der Waals surface area (Å²) >= 11 is 0. The molecule has 90 heavy (non-hydrogen) atoms. The molecule has 19 heteroatoms. The van der Waals surface area contributed by atoms with Crippen molar-refractivity contribution in [1.29, 1.82) is 0 Å². The summed E-state index contributed by atoms with van der Waals surface area (Å²) in [6.45, 7) is -0.416. The second-order valence-corrected chi connectivity index (χ2v) is 23.5. The number of anilines is 4. The number of nitrogens with zero attached hydrogens (tertiary/aromatic N) is 11. The highest BCUT2D eigenvalue weighted by atomic mass is 16.4. The van der Waals surface area contributed by atoms with Crippen LogP contribution < -0.4 is 59.9 Å². The van der Waals surface area contributed by atoms with Crippen molar-refractivity contribution in [3.05, 3.63) is 221 Å². The minimum atomic E-state index is -2.12. The molecule has 0 radical (unpaired) electrons. The predicted octanol–water partition coefficient (Wildman–Crippen LogP) is 8.67. The lowest BCUT2D eigenvalue weighted by molar-refractivity contribution is -0.654. The van der Waals surface area contributed by atoms with E-state index in [0.29, 0.717) is 33.8 Å². The summed E-state index contributed by atoms with van der Waals surface area (Å²) in [7, 11) is 15.9. The first-order valence-electron chi connectivity index (χ1n) is 34.3. The number of pyridine rings is 7. The van der Waals surface area contributed by atoms with Gasteiger partial charge in [0.05, 0.1) is 33.2 Å². The number of benzene rings is 1. The van der Waals surface area contributed by atoms with E-state index >= 15 is 0 Å². The molecule has 0 bridgehead atoms. The molecule has 0 amide bonds. The van der Waals surface area contributed by atoms with Crippen LogP contribution in [0.3, 0.4) is 0 Å². The minimum absolute atomic E-state index is 0.0239. The Morgan fingerprint density at radius 2 is 0.856 bits per heavy atom. The van der Waals surface area contributed by atoms with Gasteiger partial charge in [-0.25, -0.2) is 33.2 Å². The summed E-state index contributed by atoms with van der Waals surface area (Å²) in [5.41, 5.74) is 15.2. The summed E-state index contributed by atoms with van der Waals surface area (Å²) < 4.78 is 100. The van der Waals surface area contributed by atoms with E-state index in [1.165, 1.54) is 11.2 Å². The lowest BCUT2D eigenvalue weighted by atomic mass is 9.55. The van der Waals surface area contributed by atoms with Crippen molar-refractivity contribution in [2.45, 2.75) is 41.3 Å². The average molecular weight is 1200 g/mol. The number of hydrogen-bond acceptors (Lipinski definition) is 11. The van der Waals surface area contributed by atoms with Crippen LogP contribution in [0.5, 0.6) is 0 Å². The standard InChI is InChI=1S/C19H20BN2O.C18H19BN3O.2C17H17BN3O/c1-13-11-18(21(3)12-14(13)2)20-10-9-16-15-7-5-6-8-17(15)23-19(16)22(20)4;1-12-10-16(21(3)11-13(12)2)19-8-7-15-17(22(19)4)14-6-5-9-20-18(14)23-15;1-12-7-10-20(2)15(11-12)18-8-6-14-16(21(18)3)13-5-4-9-19-17(13)22-14;1-12-6-7-15(20(2)11-12)18-9-8-14-16(21(18)3)13-5-4-10-19-17(13)22-14/h5-12H,1-4H3;5-11H,1-4H3;2*4-11H,1-3H3/q4*+1/i2*2D3;;1D3. The van der Waals surface area contributed by atoms with Gasteiger partial charge in [-0.15, -0.1) is 0 Å². The summed E-state index contributed by atoms with van der Waals surface area (Å²) in [5.74, 6) is 11.7. The molecule has 15 nitrogen and oxygen atoms in total. The highest BCUT2D eigenvalue weighted by molar-refractivity contribution is 6.82. The van der Waals surface area contributed by atoms with Gasteiger partial charge in [-0.05, 0) is 159 Å². The fourth-order valence-corrected chi connectivity index (χ4v) is 12.7. The number of para-hydroxylation sites is 1. The Kier molecular flexibility index (Phi) is 12.9. The molecule has 4 aliphatic rings. The summed E-state index contributed by atoms with van der Waals surface area (Å²) in [6.07, 6.45) is 20.5. The van der Waals surface area contributed by atoms with E-state index in [1.807, 2.05) is 149 Å². The molecule has 15 heterocycles. The minimum Gasteiger partial charge on any atom is -0.441 e. The molecule has 1 aromatic carbocycles. The number of aromatic nitrogens is 7. The third-order valence-electron chi connectivity index (χ3n) is 17.6. The van der Waals surface area contributed by atoms with E-state index in [9.17, 15) is 0 Å². The van der Waals surface area contributed by atoms with Gasteiger partial charge in [0.2, 0.25) is 17.1 Å². The molecular weight excluding hydrogens is 1110 g/mol. The largest absolute Gasteiger partial charge is 0.441 e. The van der Waals surface area contributed by atoms with Gasteiger partial charge in [0.25, 0.3) is 0 Å². The SMILES string of the molecule is Cc1cc[n+](C)c(B2C=Cc3oc4ncccc4c3N2C)c1.[2H]C([2H])([2H])c1c[n+](C)c(B2C=Cc3c(oc4ccccc34)N2C)cc1C.[2H]C([2H])([2H])c1c[n+](C)c(B2C=Cc3oc4ncccc4c3N2C)cc1C.[2H]C([2H])([2H])c1ccc(B2C=Cc3oc4ncccc4c3N2C)[n+](C)c1. The summed E-state index contributed by atoms with van der Waals surface area (Å²) in [4.78, 5) is 21.5. The Bertz CT molecular complexity index is 5270. The third-order valence-corrected chi connectivity index (χ3v) is 17.6. The van der Waals surface area contributed by atoms with Crippen molar-refractivity contribution in [2.24, 2.45) is 28.2 Å². The van der Waals surface area contributed by atoms with E-state index in [4.69, 9.17) is 30.0 Å². The summed E-state index contributed by atoms with van der Waals surface area (Å²) in [5, 5.41) is 4.10. The first-order valence-corrected chi connectivity index (χ1v) is 29.8. The van der Waals surface area contributed by atoms with Gasteiger partial charge in [-0.2, -0.15) is 0 Å². The van der Waals surface area contributed by atoms with Crippen molar-refractivity contribution >= 4 is 141 Å². The van der Waals surface area contributed by atoms with Crippen LogP contribution in [0.15, 0.2) is 182 Å². The van der Waals surface area contributed by atoms with Crippen LogP contribution in [-0.4, -0.2) is 70.5 Å². The van der Waals surface area contributed by atoms with Gasteiger partial charge in [0.1, 0.15) is 33.8 Å². The van der Waals surface area contributed by atoms with Crippen molar-refractivity contribution in [3.8, 4) is 0 Å². The maximum absolute atomic E-state index is 7.71. The maximum atomic E-state index is 7.71. The predicted molar refractivity (Wildman–Crippen MR) is 368 cm³/mol. The van der Waals surface area contributed by atoms with Gasteiger partial charge in [0.15, 0.2) is 70.3 Å². The molecule has 0 fully saturated rings. The second-order valence-electron chi connectivity index (χ2n) is 23.5. The highest BCUT2D eigenvalue weighted by Crippen LogP contribution is 2.40. The lowest BCUT2D eigenvalue weighted by Gasteiger charge is -2.26. The normalized spacial score (nSPS) is 15.7. The number of aryl methyl sites for hydroxylation is 10. The molecule has 0 atom stereocenters. The molecule has 0 unspecified atom stereocenters. The Balaban J connectivity index is 0.000000119. The van der Waals surface area contributed by atoms with Crippen LogP contribution in [0.25, 0.3) is 68.6 Å². The number of rotatable bonds is 4. The van der Waals surface area contributed by atoms with Crippen LogP contribution in [0.1, 0.15) is 68.6 Å². The fraction of sp³-hybridized carbons (Fsp3) is 0.197. The highest BCUT2D eigenvalue weighted by Gasteiger charge is 2.39.